The van der Waals surface area contributed by atoms with Gasteiger partial charge < -0.3 is 5.32 Å². The molecule has 1 heteroatoms. The maximum Gasteiger partial charge on any atom is 0.0101 e. The molecule has 4 aliphatic rings. The lowest BCUT2D eigenvalue weighted by Gasteiger charge is -2.56. The molecule has 19 heavy (non-hydrogen) atoms. The molecule has 1 nitrogen and oxygen atoms in total. The van der Waals surface area contributed by atoms with Crippen LogP contribution in [0.25, 0.3) is 0 Å². The number of nitrogens with one attached hydrogen (secondary N) is 1. The third kappa shape index (κ3) is 2.86. The third-order valence-corrected chi connectivity index (χ3v) is 6.29. The van der Waals surface area contributed by atoms with Gasteiger partial charge in [-0.2, -0.15) is 0 Å². The Bertz CT molecular complexity index is 268. The lowest BCUT2D eigenvalue weighted by Crippen LogP contribution is -2.53. The molecular formula is C18H33N. The van der Waals surface area contributed by atoms with Crippen molar-refractivity contribution in [1.82, 2.24) is 5.32 Å². The first-order valence-corrected chi connectivity index (χ1v) is 8.90. The summed E-state index contributed by atoms with van der Waals surface area (Å²) in [6.07, 6.45) is 10.7. The molecule has 1 atom stereocenters. The van der Waals surface area contributed by atoms with Crippen LogP contribution in [-0.2, 0) is 0 Å². The highest BCUT2D eigenvalue weighted by molar-refractivity contribution is 5.01. The monoisotopic (exact) mass is 263 g/mol. The average molecular weight is 263 g/mol. The van der Waals surface area contributed by atoms with E-state index >= 15 is 0 Å². The van der Waals surface area contributed by atoms with Crippen molar-refractivity contribution in [2.45, 2.75) is 71.8 Å². The van der Waals surface area contributed by atoms with Crippen molar-refractivity contribution < 1.29 is 0 Å². The molecule has 110 valence electrons. The van der Waals surface area contributed by atoms with Gasteiger partial charge in [-0.1, -0.05) is 20.8 Å². The van der Waals surface area contributed by atoms with Crippen LogP contribution in [-0.4, -0.2) is 12.6 Å². The van der Waals surface area contributed by atoms with Crippen LogP contribution in [0.4, 0.5) is 0 Å². The van der Waals surface area contributed by atoms with E-state index < -0.39 is 0 Å². The van der Waals surface area contributed by atoms with Gasteiger partial charge in [0.05, 0.1) is 0 Å². The zero-order valence-corrected chi connectivity index (χ0v) is 13.2. The molecule has 1 unspecified atom stereocenters. The van der Waals surface area contributed by atoms with Crippen molar-refractivity contribution in [3.8, 4) is 0 Å². The van der Waals surface area contributed by atoms with E-state index in [1.807, 2.05) is 0 Å². The lowest BCUT2D eigenvalue weighted by molar-refractivity contribution is -0.0532. The van der Waals surface area contributed by atoms with Crippen LogP contribution < -0.4 is 5.32 Å². The molecule has 0 radical (unpaired) electrons. The topological polar surface area (TPSA) is 12.0 Å². The highest BCUT2D eigenvalue weighted by Crippen LogP contribution is 2.57. The molecule has 4 bridgehead atoms. The van der Waals surface area contributed by atoms with E-state index in [1.54, 1.807) is 32.1 Å². The SMILES string of the molecule is CCNC(CCC(C)C)C1C2CC3CC(C2)CC1C3. The molecule has 0 aromatic rings. The number of hydrogen-bond donors (Lipinski definition) is 1. The van der Waals surface area contributed by atoms with Crippen LogP contribution in [0.15, 0.2) is 0 Å². The van der Waals surface area contributed by atoms with Crippen LogP contribution in [0.5, 0.6) is 0 Å². The van der Waals surface area contributed by atoms with Gasteiger partial charge in [0.15, 0.2) is 0 Å². The first-order valence-electron chi connectivity index (χ1n) is 8.90. The van der Waals surface area contributed by atoms with E-state index in [0.717, 1.165) is 48.1 Å². The van der Waals surface area contributed by atoms with Gasteiger partial charge >= 0.3 is 0 Å². The van der Waals surface area contributed by atoms with Crippen LogP contribution >= 0.6 is 0 Å². The Labute approximate surface area is 119 Å². The minimum absolute atomic E-state index is 0.822. The summed E-state index contributed by atoms with van der Waals surface area (Å²) in [5, 5.41) is 3.87. The van der Waals surface area contributed by atoms with Gasteiger partial charge in [-0.15, -0.1) is 0 Å². The maximum absolute atomic E-state index is 3.87. The molecule has 0 aromatic carbocycles. The van der Waals surface area contributed by atoms with Crippen LogP contribution in [0, 0.1) is 35.5 Å². The van der Waals surface area contributed by atoms with Gasteiger partial charge in [-0.25, -0.2) is 0 Å². The molecule has 0 aromatic heterocycles. The van der Waals surface area contributed by atoms with Gasteiger partial charge in [-0.3, -0.25) is 0 Å². The van der Waals surface area contributed by atoms with Crippen LogP contribution in [0.1, 0.15) is 65.7 Å². The minimum Gasteiger partial charge on any atom is -0.314 e. The van der Waals surface area contributed by atoms with Crippen molar-refractivity contribution >= 4 is 0 Å². The number of rotatable bonds is 6. The highest BCUT2D eigenvalue weighted by atomic mass is 14.9. The van der Waals surface area contributed by atoms with Gasteiger partial charge in [-0.05, 0) is 87.0 Å². The Morgan fingerprint density at radius 1 is 0.895 bits per heavy atom. The van der Waals surface area contributed by atoms with Crippen molar-refractivity contribution in [1.29, 1.82) is 0 Å². The molecule has 0 amide bonds. The van der Waals surface area contributed by atoms with E-state index in [0.29, 0.717) is 0 Å². The fourth-order valence-electron chi connectivity index (χ4n) is 5.83. The molecular weight excluding hydrogens is 230 g/mol. The zero-order valence-electron chi connectivity index (χ0n) is 13.2. The molecule has 0 aliphatic heterocycles. The summed E-state index contributed by atoms with van der Waals surface area (Å²) < 4.78 is 0. The predicted molar refractivity (Wildman–Crippen MR) is 82.1 cm³/mol. The van der Waals surface area contributed by atoms with Crippen molar-refractivity contribution in [3.63, 3.8) is 0 Å². The second-order valence-corrected chi connectivity index (χ2v) is 8.14. The largest absolute Gasteiger partial charge is 0.314 e. The molecule has 0 spiro atoms. The van der Waals surface area contributed by atoms with Gasteiger partial charge in [0.2, 0.25) is 0 Å². The highest BCUT2D eigenvalue weighted by Gasteiger charge is 2.50. The van der Waals surface area contributed by atoms with Crippen molar-refractivity contribution in [3.05, 3.63) is 0 Å². The van der Waals surface area contributed by atoms with E-state index in [9.17, 15) is 0 Å². The van der Waals surface area contributed by atoms with Crippen molar-refractivity contribution in [2.75, 3.05) is 6.54 Å². The second kappa shape index (κ2) is 5.76. The average Bonchev–Trinajstić information content (AvgIpc) is 2.34. The molecule has 4 aliphatic carbocycles. The molecule has 1 N–H and O–H groups in total. The summed E-state index contributed by atoms with van der Waals surface area (Å²) in [6, 6.07) is 0.822. The zero-order chi connectivity index (χ0) is 13.4. The summed E-state index contributed by atoms with van der Waals surface area (Å²) in [7, 11) is 0. The van der Waals surface area contributed by atoms with E-state index in [-0.39, 0.29) is 0 Å². The summed E-state index contributed by atoms with van der Waals surface area (Å²) in [5.41, 5.74) is 0. The normalized spacial score (nSPS) is 42.0. The fourth-order valence-corrected chi connectivity index (χ4v) is 5.83. The van der Waals surface area contributed by atoms with Gasteiger partial charge in [0, 0.05) is 6.04 Å². The summed E-state index contributed by atoms with van der Waals surface area (Å²) in [5.74, 6) is 6.27. The quantitative estimate of drug-likeness (QED) is 0.745. The Morgan fingerprint density at radius 3 is 1.95 bits per heavy atom. The summed E-state index contributed by atoms with van der Waals surface area (Å²) in [4.78, 5) is 0. The molecule has 4 fully saturated rings. The lowest BCUT2D eigenvalue weighted by atomic mass is 9.50. The van der Waals surface area contributed by atoms with E-state index in [4.69, 9.17) is 0 Å². The minimum atomic E-state index is 0.822. The maximum atomic E-state index is 3.87. The Kier molecular flexibility index (Phi) is 4.22. The first-order chi connectivity index (χ1) is 9.17. The molecule has 4 saturated carbocycles. The number of hydrogen-bond acceptors (Lipinski definition) is 1. The predicted octanol–water partition coefficient (Wildman–Crippen LogP) is 4.47. The Hall–Kier alpha value is -0.0400. The Balaban J connectivity index is 1.67. The van der Waals surface area contributed by atoms with E-state index in [2.05, 4.69) is 26.1 Å². The smallest absolute Gasteiger partial charge is 0.0101 e. The molecule has 4 rings (SSSR count). The summed E-state index contributed by atoms with van der Waals surface area (Å²) >= 11 is 0. The van der Waals surface area contributed by atoms with Crippen LogP contribution in [0.2, 0.25) is 0 Å². The third-order valence-electron chi connectivity index (χ3n) is 6.29. The van der Waals surface area contributed by atoms with Gasteiger partial charge in [0.1, 0.15) is 0 Å². The first kappa shape index (κ1) is 13.9. The van der Waals surface area contributed by atoms with Crippen LogP contribution in [0.3, 0.4) is 0 Å². The summed E-state index contributed by atoms with van der Waals surface area (Å²) in [6.45, 7) is 8.20. The fraction of sp³-hybridized carbons (Fsp3) is 1.00. The molecule has 0 heterocycles. The second-order valence-electron chi connectivity index (χ2n) is 8.14. The van der Waals surface area contributed by atoms with E-state index in [1.165, 1.54) is 12.8 Å². The van der Waals surface area contributed by atoms with Crippen molar-refractivity contribution in [2.24, 2.45) is 35.5 Å². The molecule has 0 saturated heterocycles. The Morgan fingerprint density at radius 2 is 1.47 bits per heavy atom. The standard InChI is InChI=1S/C18H33N/c1-4-19-17(6-5-12(2)3)18-15-8-13-7-14(10-15)11-16(18)9-13/h12-19H,4-11H2,1-3H3. The van der Waals surface area contributed by atoms with Gasteiger partial charge in [0.25, 0.3) is 0 Å².